The summed E-state index contributed by atoms with van der Waals surface area (Å²) in [6.45, 7) is 0. The minimum Gasteiger partial charge on any atom is -0.382 e. The van der Waals surface area contributed by atoms with Crippen LogP contribution in [0, 0.1) is 0 Å². The number of nitrogens with one attached hydrogen (secondary N) is 1. The third kappa shape index (κ3) is 3.32. The summed E-state index contributed by atoms with van der Waals surface area (Å²) >= 11 is 0. The third-order valence-electron chi connectivity index (χ3n) is 6.94. The number of pyridine rings is 1. The molecule has 34 heavy (non-hydrogen) atoms. The van der Waals surface area contributed by atoms with Crippen LogP contribution in [-0.2, 0) is 7.05 Å². The number of fused-ring (bicyclic) bond motifs is 2. The fourth-order valence-corrected chi connectivity index (χ4v) is 5.19. The SMILES string of the molecule is Cn1c(C(=O)Nc2ccc(-n3nc(C4CCCC4)c4ccnc(N)c43)cc2)cc2ccccc21. The molecule has 1 fully saturated rings. The van der Waals surface area contributed by atoms with Gasteiger partial charge in [-0.1, -0.05) is 31.0 Å². The Morgan fingerprint density at radius 2 is 1.82 bits per heavy atom. The Labute approximate surface area is 197 Å². The predicted octanol–water partition coefficient (Wildman–Crippen LogP) is 5.40. The summed E-state index contributed by atoms with van der Waals surface area (Å²) in [5, 5.41) is 10.1. The second-order valence-corrected chi connectivity index (χ2v) is 9.02. The minimum atomic E-state index is -0.145. The number of carbonyl (C=O) groups excluding carboxylic acids is 1. The molecule has 0 unspecified atom stereocenters. The van der Waals surface area contributed by atoms with E-state index in [4.69, 9.17) is 10.8 Å². The van der Waals surface area contributed by atoms with Crippen LogP contribution in [0.5, 0.6) is 0 Å². The molecule has 0 spiro atoms. The molecule has 3 heterocycles. The molecule has 0 atom stereocenters. The topological polar surface area (TPSA) is 90.8 Å². The summed E-state index contributed by atoms with van der Waals surface area (Å²) in [4.78, 5) is 17.3. The van der Waals surface area contributed by atoms with Gasteiger partial charge < -0.3 is 15.6 Å². The average molecular weight is 451 g/mol. The molecule has 1 saturated carbocycles. The lowest BCUT2D eigenvalue weighted by molar-refractivity contribution is 0.101. The number of nitrogen functional groups attached to an aromatic ring is 1. The highest BCUT2D eigenvalue weighted by atomic mass is 16.1. The quantitative estimate of drug-likeness (QED) is 0.383. The largest absolute Gasteiger partial charge is 0.382 e. The van der Waals surface area contributed by atoms with E-state index in [0.29, 0.717) is 17.4 Å². The van der Waals surface area contributed by atoms with Crippen LogP contribution in [-0.4, -0.2) is 25.2 Å². The minimum absolute atomic E-state index is 0.145. The normalized spacial score (nSPS) is 14.3. The van der Waals surface area contributed by atoms with Crippen molar-refractivity contribution in [3.8, 4) is 5.69 Å². The van der Waals surface area contributed by atoms with Gasteiger partial charge in [-0.25, -0.2) is 9.67 Å². The lowest BCUT2D eigenvalue weighted by atomic mass is 10.0. The number of nitrogens with two attached hydrogens (primary N) is 1. The number of hydrogen-bond acceptors (Lipinski definition) is 4. The molecule has 7 nitrogen and oxygen atoms in total. The second kappa shape index (κ2) is 8.02. The van der Waals surface area contributed by atoms with Crippen LogP contribution in [0.15, 0.2) is 66.9 Å². The summed E-state index contributed by atoms with van der Waals surface area (Å²) < 4.78 is 3.80. The number of carbonyl (C=O) groups is 1. The standard InChI is InChI=1S/C27H26N6O/c1-32-22-9-5-4-8-18(22)16-23(32)27(34)30-19-10-12-20(13-11-19)33-25-21(14-15-29-26(25)28)24(31-33)17-6-2-3-7-17/h4-5,8-17H,2-3,6-7H2,1H3,(H2,28,29)(H,30,34). The van der Waals surface area contributed by atoms with Crippen molar-refractivity contribution < 1.29 is 4.79 Å². The molecule has 1 aliphatic rings. The summed E-state index contributed by atoms with van der Waals surface area (Å²) in [7, 11) is 1.91. The molecule has 5 aromatic rings. The average Bonchev–Trinajstić information content (AvgIpc) is 3.58. The van der Waals surface area contributed by atoms with E-state index in [0.717, 1.165) is 51.7 Å². The lowest BCUT2D eigenvalue weighted by Crippen LogP contribution is -2.15. The smallest absolute Gasteiger partial charge is 0.272 e. The van der Waals surface area contributed by atoms with E-state index in [-0.39, 0.29) is 5.91 Å². The number of aryl methyl sites for hydroxylation is 1. The number of anilines is 2. The van der Waals surface area contributed by atoms with Gasteiger partial charge in [-0.3, -0.25) is 4.79 Å². The zero-order valence-corrected chi connectivity index (χ0v) is 19.0. The molecule has 1 amide bonds. The van der Waals surface area contributed by atoms with Crippen LogP contribution in [0.4, 0.5) is 11.5 Å². The van der Waals surface area contributed by atoms with Crippen molar-refractivity contribution in [2.24, 2.45) is 7.05 Å². The highest BCUT2D eigenvalue weighted by Gasteiger charge is 2.25. The molecule has 0 radical (unpaired) electrons. The van der Waals surface area contributed by atoms with Crippen LogP contribution in [0.3, 0.4) is 0 Å². The van der Waals surface area contributed by atoms with Gasteiger partial charge in [0.1, 0.15) is 17.0 Å². The number of rotatable bonds is 4. The fourth-order valence-electron chi connectivity index (χ4n) is 5.19. The highest BCUT2D eigenvalue weighted by Crippen LogP contribution is 2.38. The van der Waals surface area contributed by atoms with Gasteiger partial charge in [0.25, 0.3) is 5.91 Å². The summed E-state index contributed by atoms with van der Waals surface area (Å²) in [5.41, 5.74) is 11.5. The number of aromatic nitrogens is 4. The van der Waals surface area contributed by atoms with Crippen LogP contribution in [0.2, 0.25) is 0 Å². The molecule has 1 aliphatic carbocycles. The monoisotopic (exact) mass is 450 g/mol. The van der Waals surface area contributed by atoms with Crippen molar-refractivity contribution in [2.75, 3.05) is 11.1 Å². The van der Waals surface area contributed by atoms with Gasteiger partial charge in [0.2, 0.25) is 0 Å². The molecule has 3 aromatic heterocycles. The zero-order chi connectivity index (χ0) is 23.2. The lowest BCUT2D eigenvalue weighted by Gasteiger charge is -2.09. The van der Waals surface area contributed by atoms with Gasteiger partial charge >= 0.3 is 0 Å². The van der Waals surface area contributed by atoms with Gasteiger partial charge in [0, 0.05) is 41.1 Å². The molecule has 170 valence electrons. The first kappa shape index (κ1) is 20.5. The maximum absolute atomic E-state index is 13.0. The van der Waals surface area contributed by atoms with E-state index in [2.05, 4.69) is 10.3 Å². The molecule has 0 bridgehead atoms. The number of para-hydroxylation sites is 1. The van der Waals surface area contributed by atoms with Crippen molar-refractivity contribution >= 4 is 39.2 Å². The second-order valence-electron chi connectivity index (χ2n) is 9.02. The molecule has 0 aliphatic heterocycles. The van der Waals surface area contributed by atoms with E-state index < -0.39 is 0 Å². The molecule has 3 N–H and O–H groups in total. The predicted molar refractivity (Wildman–Crippen MR) is 135 cm³/mol. The first-order valence-corrected chi connectivity index (χ1v) is 11.7. The Kier molecular flexibility index (Phi) is 4.83. The van der Waals surface area contributed by atoms with E-state index in [9.17, 15) is 4.79 Å². The third-order valence-corrected chi connectivity index (χ3v) is 6.94. The Balaban J connectivity index is 1.31. The number of amides is 1. The Hall–Kier alpha value is -4.13. The van der Waals surface area contributed by atoms with Gasteiger partial charge in [-0.2, -0.15) is 5.10 Å². The summed E-state index contributed by atoms with van der Waals surface area (Å²) in [6.07, 6.45) is 6.56. The summed E-state index contributed by atoms with van der Waals surface area (Å²) in [5.74, 6) is 0.792. The maximum atomic E-state index is 13.0. The van der Waals surface area contributed by atoms with Crippen molar-refractivity contribution in [3.63, 3.8) is 0 Å². The van der Waals surface area contributed by atoms with Crippen molar-refractivity contribution in [1.29, 1.82) is 0 Å². The van der Waals surface area contributed by atoms with Crippen molar-refractivity contribution in [1.82, 2.24) is 19.3 Å². The molecule has 6 rings (SSSR count). The van der Waals surface area contributed by atoms with Crippen LogP contribution >= 0.6 is 0 Å². The highest BCUT2D eigenvalue weighted by molar-refractivity contribution is 6.06. The Bertz CT molecular complexity index is 1520. The van der Waals surface area contributed by atoms with Crippen LogP contribution in [0.1, 0.15) is 47.8 Å². The Morgan fingerprint density at radius 3 is 2.59 bits per heavy atom. The van der Waals surface area contributed by atoms with Crippen LogP contribution in [0.25, 0.3) is 27.5 Å². The Morgan fingerprint density at radius 1 is 1.06 bits per heavy atom. The first-order valence-electron chi connectivity index (χ1n) is 11.7. The molecular weight excluding hydrogens is 424 g/mol. The molecular formula is C27H26N6O. The summed E-state index contributed by atoms with van der Waals surface area (Å²) in [6, 6.07) is 19.6. The first-order chi connectivity index (χ1) is 16.6. The van der Waals surface area contributed by atoms with Gasteiger partial charge in [-0.15, -0.1) is 0 Å². The van der Waals surface area contributed by atoms with Gasteiger partial charge in [-0.05, 0) is 55.3 Å². The zero-order valence-electron chi connectivity index (χ0n) is 19.0. The van der Waals surface area contributed by atoms with Gasteiger partial charge in [0.05, 0.1) is 11.4 Å². The van der Waals surface area contributed by atoms with E-state index >= 15 is 0 Å². The van der Waals surface area contributed by atoms with E-state index in [1.54, 1.807) is 6.20 Å². The molecule has 7 heteroatoms. The van der Waals surface area contributed by atoms with Gasteiger partial charge in [0.15, 0.2) is 0 Å². The number of hydrogen-bond donors (Lipinski definition) is 2. The molecule has 2 aromatic carbocycles. The van der Waals surface area contributed by atoms with E-state index in [1.807, 2.05) is 77.0 Å². The van der Waals surface area contributed by atoms with Crippen molar-refractivity contribution in [3.05, 3.63) is 78.2 Å². The number of nitrogens with zero attached hydrogens (tertiary/aromatic N) is 4. The van der Waals surface area contributed by atoms with Crippen LogP contribution < -0.4 is 11.1 Å². The molecule has 0 saturated heterocycles. The number of benzene rings is 2. The van der Waals surface area contributed by atoms with Crippen molar-refractivity contribution in [2.45, 2.75) is 31.6 Å². The fraction of sp³-hybridized carbons (Fsp3) is 0.222. The maximum Gasteiger partial charge on any atom is 0.272 e. The van der Waals surface area contributed by atoms with E-state index in [1.165, 1.54) is 12.8 Å².